The molecule has 1 aliphatic heterocycles. The van der Waals surface area contributed by atoms with Crippen molar-refractivity contribution in [2.45, 2.75) is 51.2 Å². The van der Waals surface area contributed by atoms with Crippen LogP contribution in [-0.2, 0) is 32.9 Å². The SMILES string of the molecule is COC(=O)CCCCN1C(=O)[C@@](O)([C@@H](C)/C=C/CCn2cc(CCO)nn2)c2cc(-n3ncc4ccccc4c3=O)ccc21. The lowest BCUT2D eigenvalue weighted by atomic mass is 9.82. The molecule has 2 aromatic carbocycles. The number of benzene rings is 2. The average molecular weight is 601 g/mol. The summed E-state index contributed by atoms with van der Waals surface area (Å²) < 4.78 is 7.68. The van der Waals surface area contributed by atoms with Crippen LogP contribution in [0.5, 0.6) is 0 Å². The number of aryl methyl sites for hydroxylation is 1. The zero-order valence-corrected chi connectivity index (χ0v) is 24.8. The van der Waals surface area contributed by atoms with E-state index in [1.807, 2.05) is 18.2 Å². The third-order valence-corrected chi connectivity index (χ3v) is 8.00. The predicted molar refractivity (Wildman–Crippen MR) is 163 cm³/mol. The van der Waals surface area contributed by atoms with Crippen molar-refractivity contribution in [1.29, 1.82) is 0 Å². The first-order valence-electron chi connectivity index (χ1n) is 14.7. The van der Waals surface area contributed by atoms with Crippen LogP contribution in [-0.4, -0.2) is 67.1 Å². The number of carbonyl (C=O) groups excluding carboxylic acids is 2. The molecule has 44 heavy (non-hydrogen) atoms. The monoisotopic (exact) mass is 600 g/mol. The van der Waals surface area contributed by atoms with Crippen LogP contribution >= 0.6 is 0 Å². The Bertz CT molecular complexity index is 1750. The Balaban J connectivity index is 1.43. The van der Waals surface area contributed by atoms with Crippen molar-refractivity contribution < 1.29 is 24.5 Å². The minimum absolute atomic E-state index is 0.000228. The molecule has 5 rings (SSSR count). The molecular weight excluding hydrogens is 564 g/mol. The molecule has 3 heterocycles. The van der Waals surface area contributed by atoms with Gasteiger partial charge in [-0.25, -0.2) is 0 Å². The van der Waals surface area contributed by atoms with E-state index in [4.69, 9.17) is 9.84 Å². The highest BCUT2D eigenvalue weighted by molar-refractivity contribution is 6.07. The lowest BCUT2D eigenvalue weighted by molar-refractivity contribution is -0.140. The summed E-state index contributed by atoms with van der Waals surface area (Å²) in [7, 11) is 1.34. The van der Waals surface area contributed by atoms with E-state index in [9.17, 15) is 19.5 Å². The summed E-state index contributed by atoms with van der Waals surface area (Å²) >= 11 is 0. The van der Waals surface area contributed by atoms with Gasteiger partial charge in [-0.3, -0.25) is 19.1 Å². The van der Waals surface area contributed by atoms with Gasteiger partial charge in [-0.15, -0.1) is 5.10 Å². The summed E-state index contributed by atoms with van der Waals surface area (Å²) in [5, 5.41) is 34.9. The molecule has 2 aromatic heterocycles. The third-order valence-electron chi connectivity index (χ3n) is 8.00. The van der Waals surface area contributed by atoms with Crippen molar-refractivity contribution >= 4 is 28.3 Å². The van der Waals surface area contributed by atoms with Gasteiger partial charge in [-0.2, -0.15) is 9.78 Å². The van der Waals surface area contributed by atoms with Crippen molar-refractivity contribution in [2.24, 2.45) is 5.92 Å². The zero-order chi connectivity index (χ0) is 31.3. The summed E-state index contributed by atoms with van der Waals surface area (Å²) in [6.45, 7) is 2.62. The highest BCUT2D eigenvalue weighted by Gasteiger charge is 2.52. The van der Waals surface area contributed by atoms with Gasteiger partial charge >= 0.3 is 5.97 Å². The van der Waals surface area contributed by atoms with Crippen LogP contribution in [0.25, 0.3) is 16.5 Å². The van der Waals surface area contributed by atoms with Gasteiger partial charge in [0.1, 0.15) is 0 Å². The first-order valence-corrected chi connectivity index (χ1v) is 14.7. The maximum atomic E-state index is 13.9. The van der Waals surface area contributed by atoms with Crippen molar-refractivity contribution in [2.75, 3.05) is 25.2 Å². The number of aromatic nitrogens is 5. The molecule has 12 heteroatoms. The Morgan fingerprint density at radius 2 is 1.95 bits per heavy atom. The standard InChI is InChI=1S/C32H36N6O6/c1-22(9-5-7-16-36-21-24(15-18-39)34-35-36)32(43)27-19-25(38-30(41)26-11-4-3-10-23(26)20-33-38)13-14-28(27)37(31(32)42)17-8-6-12-29(40)44-2/h3-5,9-11,13-14,19-22,39,43H,6-8,12,15-18H2,1-2H3/b9-5+/t22-,32+/m0/s1. The average Bonchev–Trinajstić information content (AvgIpc) is 3.57. The van der Waals surface area contributed by atoms with Gasteiger partial charge in [-0.05, 0) is 43.5 Å². The fourth-order valence-corrected chi connectivity index (χ4v) is 5.53. The van der Waals surface area contributed by atoms with Crippen molar-refractivity contribution in [1.82, 2.24) is 24.8 Å². The second kappa shape index (κ2) is 13.3. The molecule has 0 radical (unpaired) electrons. The van der Waals surface area contributed by atoms with E-state index in [1.165, 1.54) is 11.8 Å². The number of fused-ring (bicyclic) bond motifs is 2. The lowest BCUT2D eigenvalue weighted by Crippen LogP contribution is -2.44. The van der Waals surface area contributed by atoms with E-state index in [1.54, 1.807) is 65.3 Å². The van der Waals surface area contributed by atoms with Crippen molar-refractivity contribution in [3.63, 3.8) is 0 Å². The molecule has 1 amide bonds. The lowest BCUT2D eigenvalue weighted by Gasteiger charge is -2.28. The van der Waals surface area contributed by atoms with Crippen LogP contribution in [0.2, 0.25) is 0 Å². The molecule has 0 bridgehead atoms. The highest BCUT2D eigenvalue weighted by atomic mass is 16.5. The number of carbonyl (C=O) groups is 2. The number of unbranched alkanes of at least 4 members (excludes halogenated alkanes) is 1. The Morgan fingerprint density at radius 3 is 2.75 bits per heavy atom. The van der Waals surface area contributed by atoms with Gasteiger partial charge in [0.05, 0.1) is 35.8 Å². The molecule has 230 valence electrons. The normalized spacial score (nSPS) is 17.0. The smallest absolute Gasteiger partial charge is 0.305 e. The van der Waals surface area contributed by atoms with Crippen molar-refractivity contribution in [3.8, 4) is 5.69 Å². The van der Waals surface area contributed by atoms with Gasteiger partial charge in [0.15, 0.2) is 5.60 Å². The van der Waals surface area contributed by atoms with E-state index in [0.717, 1.165) is 0 Å². The van der Waals surface area contributed by atoms with E-state index in [0.29, 0.717) is 72.2 Å². The van der Waals surface area contributed by atoms with E-state index >= 15 is 0 Å². The quantitative estimate of drug-likeness (QED) is 0.134. The molecule has 2 atom stereocenters. The summed E-state index contributed by atoms with van der Waals surface area (Å²) in [5.41, 5.74) is -0.135. The molecule has 0 unspecified atom stereocenters. The molecule has 2 N–H and O–H groups in total. The summed E-state index contributed by atoms with van der Waals surface area (Å²) in [4.78, 5) is 40.4. The maximum Gasteiger partial charge on any atom is 0.305 e. The number of amides is 1. The number of aliphatic hydroxyl groups excluding tert-OH is 1. The fraction of sp³-hybridized carbons (Fsp3) is 0.375. The molecule has 0 saturated heterocycles. The number of esters is 1. The molecule has 12 nitrogen and oxygen atoms in total. The Hall–Kier alpha value is -4.68. The van der Waals surface area contributed by atoms with Gasteiger partial charge in [0.2, 0.25) is 0 Å². The Kier molecular flexibility index (Phi) is 9.31. The highest BCUT2D eigenvalue weighted by Crippen LogP contribution is 2.46. The Labute approximate surface area is 254 Å². The van der Waals surface area contributed by atoms with Crippen LogP contribution in [0.3, 0.4) is 0 Å². The largest absolute Gasteiger partial charge is 0.469 e. The molecule has 0 saturated carbocycles. The molecule has 1 aliphatic rings. The van der Waals surface area contributed by atoms with Gasteiger partial charge < -0.3 is 19.8 Å². The molecule has 0 spiro atoms. The molecule has 0 fully saturated rings. The fourth-order valence-electron chi connectivity index (χ4n) is 5.53. The van der Waals surface area contributed by atoms with Crippen LogP contribution in [0.1, 0.15) is 43.9 Å². The number of rotatable bonds is 13. The molecule has 4 aromatic rings. The predicted octanol–water partition coefficient (Wildman–Crippen LogP) is 2.67. The number of allylic oxidation sites excluding steroid dienone is 1. The van der Waals surface area contributed by atoms with E-state index in [2.05, 4.69) is 15.4 Å². The number of aliphatic hydroxyl groups is 2. The molecular formula is C32H36N6O6. The summed E-state index contributed by atoms with van der Waals surface area (Å²) in [5.74, 6) is -1.41. The summed E-state index contributed by atoms with van der Waals surface area (Å²) in [6.07, 6.45) is 9.39. The first-order chi connectivity index (χ1) is 21.3. The van der Waals surface area contributed by atoms with Gasteiger partial charge in [0, 0.05) is 55.6 Å². The Morgan fingerprint density at radius 1 is 1.14 bits per heavy atom. The van der Waals surface area contributed by atoms with Crippen LogP contribution in [0.15, 0.2) is 71.8 Å². The molecule has 0 aliphatic carbocycles. The second-order valence-corrected chi connectivity index (χ2v) is 10.9. The van der Waals surface area contributed by atoms with E-state index in [-0.39, 0.29) is 24.6 Å². The van der Waals surface area contributed by atoms with Crippen LogP contribution in [0, 0.1) is 5.92 Å². The number of ether oxygens (including phenoxy) is 1. The number of anilines is 1. The van der Waals surface area contributed by atoms with Gasteiger partial charge in [-0.1, -0.05) is 42.5 Å². The maximum absolute atomic E-state index is 13.9. The zero-order valence-electron chi connectivity index (χ0n) is 24.8. The number of hydrogen-bond acceptors (Lipinski definition) is 9. The van der Waals surface area contributed by atoms with E-state index < -0.39 is 17.4 Å². The van der Waals surface area contributed by atoms with Gasteiger partial charge in [0.25, 0.3) is 11.5 Å². The number of methoxy groups -OCH3 is 1. The number of nitrogens with zero attached hydrogens (tertiary/aromatic N) is 6. The minimum Gasteiger partial charge on any atom is -0.469 e. The topological polar surface area (TPSA) is 153 Å². The number of hydrogen-bond donors (Lipinski definition) is 2. The van der Waals surface area contributed by atoms with Crippen LogP contribution in [0.4, 0.5) is 5.69 Å². The van der Waals surface area contributed by atoms with Crippen molar-refractivity contribution in [3.05, 3.63) is 88.6 Å². The second-order valence-electron chi connectivity index (χ2n) is 10.9. The van der Waals surface area contributed by atoms with Crippen LogP contribution < -0.4 is 10.5 Å². The summed E-state index contributed by atoms with van der Waals surface area (Å²) in [6, 6.07) is 12.3. The first kappa shape index (κ1) is 30.8. The third kappa shape index (κ3) is 6.03. The minimum atomic E-state index is -1.90.